The van der Waals surface area contributed by atoms with Gasteiger partial charge in [0, 0.05) is 43.1 Å². The molecule has 0 saturated carbocycles. The smallest absolute Gasteiger partial charge is 0.344 e. The molecule has 0 spiro atoms. The van der Waals surface area contributed by atoms with E-state index in [2.05, 4.69) is 15.5 Å². The van der Waals surface area contributed by atoms with Crippen LogP contribution in [0.2, 0.25) is 0 Å². The molecule has 1 fully saturated rings. The van der Waals surface area contributed by atoms with Crippen molar-refractivity contribution in [3.05, 3.63) is 54.1 Å². The minimum absolute atomic E-state index is 0.140. The highest BCUT2D eigenvalue weighted by atomic mass is 16.6. The first-order valence-corrected chi connectivity index (χ1v) is 9.41. The van der Waals surface area contributed by atoms with Gasteiger partial charge in [0.15, 0.2) is 6.61 Å². The van der Waals surface area contributed by atoms with Crippen LogP contribution in [0.25, 0.3) is 0 Å². The summed E-state index contributed by atoms with van der Waals surface area (Å²) in [4.78, 5) is 26.0. The molecule has 3 rings (SSSR count). The molecular formula is C21H25N3O4. The van der Waals surface area contributed by atoms with Gasteiger partial charge < -0.3 is 25.0 Å². The molecule has 0 radical (unpaired) electrons. The second kappa shape index (κ2) is 9.75. The Hall–Kier alpha value is -3.06. The first kappa shape index (κ1) is 19.7. The minimum atomic E-state index is -0.413. The van der Waals surface area contributed by atoms with Gasteiger partial charge in [-0.1, -0.05) is 0 Å². The lowest BCUT2D eigenvalue weighted by molar-refractivity contribution is -0.145. The normalized spacial score (nSPS) is 13.7. The molecule has 2 N–H and O–H groups in total. The average molecular weight is 383 g/mol. The molecule has 148 valence electrons. The van der Waals surface area contributed by atoms with Crippen LogP contribution in [0.1, 0.15) is 17.3 Å². The third-order valence-corrected chi connectivity index (χ3v) is 4.39. The number of benzene rings is 2. The van der Waals surface area contributed by atoms with Gasteiger partial charge in [-0.2, -0.15) is 0 Å². The fourth-order valence-corrected chi connectivity index (χ4v) is 2.93. The van der Waals surface area contributed by atoms with Crippen molar-refractivity contribution >= 4 is 23.3 Å². The number of piperazine rings is 1. The van der Waals surface area contributed by atoms with E-state index in [9.17, 15) is 9.59 Å². The van der Waals surface area contributed by atoms with Crippen molar-refractivity contribution in [3.8, 4) is 5.75 Å². The van der Waals surface area contributed by atoms with Gasteiger partial charge in [-0.15, -0.1) is 0 Å². The summed E-state index contributed by atoms with van der Waals surface area (Å²) >= 11 is 0. The summed E-state index contributed by atoms with van der Waals surface area (Å²) in [5.74, 6) is -0.0531. The topological polar surface area (TPSA) is 79.9 Å². The van der Waals surface area contributed by atoms with Gasteiger partial charge in [0.1, 0.15) is 5.75 Å². The Labute approximate surface area is 164 Å². The summed E-state index contributed by atoms with van der Waals surface area (Å²) in [5.41, 5.74) is 2.38. The highest BCUT2D eigenvalue weighted by Gasteiger charge is 2.12. The molecule has 1 saturated heterocycles. The molecule has 2 aromatic carbocycles. The van der Waals surface area contributed by atoms with Gasteiger partial charge in [0.25, 0.3) is 5.91 Å². The largest absolute Gasteiger partial charge is 0.482 e. The molecule has 7 nitrogen and oxygen atoms in total. The number of nitrogens with zero attached hydrogens (tertiary/aromatic N) is 1. The zero-order valence-electron chi connectivity index (χ0n) is 15.9. The Morgan fingerprint density at radius 3 is 2.36 bits per heavy atom. The highest BCUT2D eigenvalue weighted by Crippen LogP contribution is 2.19. The molecule has 28 heavy (non-hydrogen) atoms. The van der Waals surface area contributed by atoms with E-state index in [1.54, 1.807) is 31.2 Å². The summed E-state index contributed by atoms with van der Waals surface area (Å²) in [6.45, 7) is 5.81. The van der Waals surface area contributed by atoms with E-state index < -0.39 is 5.97 Å². The van der Waals surface area contributed by atoms with Crippen molar-refractivity contribution in [1.82, 2.24) is 5.32 Å². The molecule has 1 aliphatic heterocycles. The van der Waals surface area contributed by atoms with Gasteiger partial charge in [-0.25, -0.2) is 4.79 Å². The SMILES string of the molecule is CCOC(=O)COc1ccc(NC(=O)c2ccc(N3CCNCC3)cc2)cc1. The first-order chi connectivity index (χ1) is 13.7. The maximum atomic E-state index is 12.4. The predicted octanol–water partition coefficient (Wildman–Crippen LogP) is 2.29. The fraction of sp³-hybridized carbons (Fsp3) is 0.333. The van der Waals surface area contributed by atoms with Crippen LogP contribution in [-0.2, 0) is 9.53 Å². The number of amides is 1. The fourth-order valence-electron chi connectivity index (χ4n) is 2.93. The van der Waals surface area contributed by atoms with Crippen LogP contribution in [0.5, 0.6) is 5.75 Å². The number of ether oxygens (including phenoxy) is 2. The van der Waals surface area contributed by atoms with E-state index in [-0.39, 0.29) is 12.5 Å². The van der Waals surface area contributed by atoms with Crippen molar-refractivity contribution < 1.29 is 19.1 Å². The third-order valence-electron chi connectivity index (χ3n) is 4.39. The van der Waals surface area contributed by atoms with Gasteiger partial charge >= 0.3 is 5.97 Å². The van der Waals surface area contributed by atoms with Crippen LogP contribution < -0.4 is 20.3 Å². The number of anilines is 2. The maximum Gasteiger partial charge on any atom is 0.344 e. The van der Waals surface area contributed by atoms with E-state index in [1.165, 1.54) is 0 Å². The van der Waals surface area contributed by atoms with Crippen molar-refractivity contribution in [2.45, 2.75) is 6.92 Å². The lowest BCUT2D eigenvalue weighted by Gasteiger charge is -2.29. The third kappa shape index (κ3) is 5.47. The molecule has 0 atom stereocenters. The molecule has 7 heteroatoms. The van der Waals surface area contributed by atoms with Crippen LogP contribution in [0.15, 0.2) is 48.5 Å². The summed E-state index contributed by atoms with van der Waals surface area (Å²) in [7, 11) is 0. The zero-order valence-corrected chi connectivity index (χ0v) is 15.9. The lowest BCUT2D eigenvalue weighted by Crippen LogP contribution is -2.43. The molecular weight excluding hydrogens is 358 g/mol. The number of carbonyl (C=O) groups excluding carboxylic acids is 2. The zero-order chi connectivity index (χ0) is 19.8. The quantitative estimate of drug-likeness (QED) is 0.714. The molecule has 1 heterocycles. The Morgan fingerprint density at radius 2 is 1.71 bits per heavy atom. The predicted molar refractivity (Wildman–Crippen MR) is 108 cm³/mol. The monoisotopic (exact) mass is 383 g/mol. The van der Waals surface area contributed by atoms with Gasteiger partial charge in [0.2, 0.25) is 0 Å². The molecule has 0 bridgehead atoms. The molecule has 1 aliphatic rings. The maximum absolute atomic E-state index is 12.4. The number of esters is 1. The molecule has 1 amide bonds. The van der Waals surface area contributed by atoms with E-state index in [0.29, 0.717) is 23.6 Å². The Morgan fingerprint density at radius 1 is 1.04 bits per heavy atom. The number of hydrogen-bond acceptors (Lipinski definition) is 6. The number of carbonyl (C=O) groups is 2. The number of rotatable bonds is 7. The van der Waals surface area contributed by atoms with Crippen LogP contribution >= 0.6 is 0 Å². The number of nitrogens with one attached hydrogen (secondary N) is 2. The molecule has 0 aromatic heterocycles. The van der Waals surface area contributed by atoms with Crippen LogP contribution in [-0.4, -0.2) is 51.3 Å². The lowest BCUT2D eigenvalue weighted by atomic mass is 10.1. The van der Waals surface area contributed by atoms with Crippen LogP contribution in [0.4, 0.5) is 11.4 Å². The van der Waals surface area contributed by atoms with Crippen molar-refractivity contribution in [1.29, 1.82) is 0 Å². The molecule has 0 aliphatic carbocycles. The van der Waals surface area contributed by atoms with Gasteiger partial charge in [0.05, 0.1) is 6.61 Å². The minimum Gasteiger partial charge on any atom is -0.482 e. The second-order valence-electron chi connectivity index (χ2n) is 6.36. The summed E-state index contributed by atoms with van der Waals surface area (Å²) in [6, 6.07) is 14.5. The van der Waals surface area contributed by atoms with Crippen LogP contribution in [0, 0.1) is 0 Å². The van der Waals surface area contributed by atoms with E-state index >= 15 is 0 Å². The van der Waals surface area contributed by atoms with Gasteiger partial charge in [-0.05, 0) is 55.5 Å². The van der Waals surface area contributed by atoms with Crippen LogP contribution in [0.3, 0.4) is 0 Å². The number of hydrogen-bond donors (Lipinski definition) is 2. The summed E-state index contributed by atoms with van der Waals surface area (Å²) in [6.07, 6.45) is 0. The Kier molecular flexibility index (Phi) is 6.86. The Balaban J connectivity index is 1.53. The summed E-state index contributed by atoms with van der Waals surface area (Å²) < 4.78 is 10.1. The summed E-state index contributed by atoms with van der Waals surface area (Å²) in [5, 5.41) is 6.19. The van der Waals surface area contributed by atoms with Crippen molar-refractivity contribution in [2.75, 3.05) is 49.6 Å². The van der Waals surface area contributed by atoms with E-state index in [4.69, 9.17) is 9.47 Å². The molecule has 0 unspecified atom stereocenters. The highest BCUT2D eigenvalue weighted by molar-refractivity contribution is 6.04. The second-order valence-corrected chi connectivity index (χ2v) is 6.36. The van der Waals surface area contributed by atoms with Gasteiger partial charge in [-0.3, -0.25) is 4.79 Å². The average Bonchev–Trinajstić information content (AvgIpc) is 2.74. The standard InChI is InChI=1S/C21H25N3O4/c1-2-27-20(25)15-28-19-9-5-17(6-10-19)23-21(26)16-3-7-18(8-4-16)24-13-11-22-12-14-24/h3-10,22H,2,11-15H2,1H3,(H,23,26). The van der Waals surface area contributed by atoms with Crippen molar-refractivity contribution in [3.63, 3.8) is 0 Å². The Bertz CT molecular complexity index is 784. The molecule has 2 aromatic rings. The van der Waals surface area contributed by atoms with E-state index in [1.807, 2.05) is 24.3 Å². The van der Waals surface area contributed by atoms with E-state index in [0.717, 1.165) is 31.9 Å². The van der Waals surface area contributed by atoms with Crippen molar-refractivity contribution in [2.24, 2.45) is 0 Å². The first-order valence-electron chi connectivity index (χ1n) is 9.41.